The fourth-order valence-corrected chi connectivity index (χ4v) is 2.02. The summed E-state index contributed by atoms with van der Waals surface area (Å²) in [4.78, 5) is 0. The molecule has 0 spiro atoms. The molecule has 1 aromatic carbocycles. The van der Waals surface area contributed by atoms with E-state index in [4.69, 9.17) is 0 Å². The van der Waals surface area contributed by atoms with Crippen molar-refractivity contribution in [3.05, 3.63) is 40.7 Å². The summed E-state index contributed by atoms with van der Waals surface area (Å²) in [6.07, 6.45) is 0. The van der Waals surface area contributed by atoms with Gasteiger partial charge in [-0.1, -0.05) is 54.9 Å². The van der Waals surface area contributed by atoms with E-state index in [1.54, 1.807) is 0 Å². The summed E-state index contributed by atoms with van der Waals surface area (Å²) in [6, 6.07) is 6.20. The summed E-state index contributed by atoms with van der Waals surface area (Å²) >= 11 is 3.55. The molecule has 0 atom stereocenters. The first kappa shape index (κ1) is 9.79. The van der Waals surface area contributed by atoms with Crippen LogP contribution in [0.25, 0.3) is 0 Å². The Kier molecular flexibility index (Phi) is 2.62. The van der Waals surface area contributed by atoms with E-state index in [0.29, 0.717) is 0 Å². The third-order valence-electron chi connectivity index (χ3n) is 1.89. The Morgan fingerprint density at radius 2 is 1.83 bits per heavy atom. The van der Waals surface area contributed by atoms with Gasteiger partial charge in [0.2, 0.25) is 0 Å². The SMILES string of the molecule is [CH2]c1cccc(C(C)(C)C)c1Br. The van der Waals surface area contributed by atoms with Crippen molar-refractivity contribution >= 4 is 15.9 Å². The number of hydrogen-bond acceptors (Lipinski definition) is 0. The molecule has 65 valence electrons. The lowest BCUT2D eigenvalue weighted by atomic mass is 9.86. The Morgan fingerprint density at radius 3 is 2.25 bits per heavy atom. The number of rotatable bonds is 0. The fourth-order valence-electron chi connectivity index (χ4n) is 1.16. The summed E-state index contributed by atoms with van der Waals surface area (Å²) in [7, 11) is 0. The molecular formula is C11H14Br. The molecule has 1 radical (unpaired) electrons. The second-order valence-corrected chi connectivity index (χ2v) is 4.82. The van der Waals surface area contributed by atoms with E-state index in [1.165, 1.54) is 5.56 Å². The monoisotopic (exact) mass is 225 g/mol. The van der Waals surface area contributed by atoms with E-state index in [2.05, 4.69) is 49.7 Å². The van der Waals surface area contributed by atoms with Crippen molar-refractivity contribution in [3.63, 3.8) is 0 Å². The van der Waals surface area contributed by atoms with Gasteiger partial charge in [-0.3, -0.25) is 0 Å². The fraction of sp³-hybridized carbons (Fsp3) is 0.364. The van der Waals surface area contributed by atoms with Gasteiger partial charge in [0.1, 0.15) is 0 Å². The lowest BCUT2D eigenvalue weighted by molar-refractivity contribution is 0.587. The van der Waals surface area contributed by atoms with Crippen LogP contribution in [0.15, 0.2) is 22.7 Å². The summed E-state index contributed by atoms with van der Waals surface area (Å²) in [5.41, 5.74) is 2.56. The van der Waals surface area contributed by atoms with Crippen molar-refractivity contribution in [2.45, 2.75) is 26.2 Å². The van der Waals surface area contributed by atoms with Gasteiger partial charge < -0.3 is 0 Å². The van der Waals surface area contributed by atoms with Crippen LogP contribution in [-0.4, -0.2) is 0 Å². The molecule has 0 saturated heterocycles. The molecule has 0 aliphatic carbocycles. The summed E-state index contributed by atoms with van der Waals surface area (Å²) in [6.45, 7) is 10.6. The van der Waals surface area contributed by atoms with E-state index in [-0.39, 0.29) is 5.41 Å². The first-order valence-corrected chi connectivity index (χ1v) is 4.83. The van der Waals surface area contributed by atoms with Crippen LogP contribution in [0, 0.1) is 6.92 Å². The molecule has 0 nitrogen and oxygen atoms in total. The van der Waals surface area contributed by atoms with Gasteiger partial charge in [0.15, 0.2) is 0 Å². The zero-order valence-corrected chi connectivity index (χ0v) is 9.40. The standard InChI is InChI=1S/C11H14Br/c1-8-6-5-7-9(10(8)12)11(2,3)4/h5-7H,1H2,2-4H3. The highest BCUT2D eigenvalue weighted by Crippen LogP contribution is 2.31. The quantitative estimate of drug-likeness (QED) is 0.628. The average molecular weight is 226 g/mol. The van der Waals surface area contributed by atoms with Crippen molar-refractivity contribution in [1.29, 1.82) is 0 Å². The smallest absolute Gasteiger partial charge is 0.0244 e. The van der Waals surface area contributed by atoms with Gasteiger partial charge >= 0.3 is 0 Å². The van der Waals surface area contributed by atoms with Crippen molar-refractivity contribution < 1.29 is 0 Å². The minimum atomic E-state index is 0.187. The van der Waals surface area contributed by atoms with Gasteiger partial charge in [-0.15, -0.1) is 0 Å². The molecule has 0 fully saturated rings. The molecule has 0 unspecified atom stereocenters. The van der Waals surface area contributed by atoms with Gasteiger partial charge in [-0.05, 0) is 23.5 Å². The third-order valence-corrected chi connectivity index (χ3v) is 2.82. The molecule has 0 bridgehead atoms. The van der Waals surface area contributed by atoms with Gasteiger partial charge in [0.25, 0.3) is 0 Å². The van der Waals surface area contributed by atoms with Crippen molar-refractivity contribution in [2.24, 2.45) is 0 Å². The van der Waals surface area contributed by atoms with Crippen LogP contribution in [0.5, 0.6) is 0 Å². The van der Waals surface area contributed by atoms with Crippen molar-refractivity contribution in [3.8, 4) is 0 Å². The Hall–Kier alpha value is -0.300. The largest absolute Gasteiger partial charge is 0.0616 e. The minimum absolute atomic E-state index is 0.187. The Balaban J connectivity index is 3.26. The van der Waals surface area contributed by atoms with E-state index >= 15 is 0 Å². The van der Waals surface area contributed by atoms with Crippen molar-refractivity contribution in [2.75, 3.05) is 0 Å². The van der Waals surface area contributed by atoms with E-state index in [9.17, 15) is 0 Å². The Bertz CT molecular complexity index is 282. The summed E-state index contributed by atoms with van der Waals surface area (Å²) < 4.78 is 1.14. The van der Waals surface area contributed by atoms with Crippen LogP contribution in [0.4, 0.5) is 0 Å². The molecule has 1 rings (SSSR count). The maximum Gasteiger partial charge on any atom is 0.0244 e. The highest BCUT2D eigenvalue weighted by atomic mass is 79.9. The van der Waals surface area contributed by atoms with Crippen LogP contribution < -0.4 is 0 Å². The first-order chi connectivity index (χ1) is 5.43. The number of hydrogen-bond donors (Lipinski definition) is 0. The molecule has 1 aromatic rings. The molecule has 0 heterocycles. The zero-order chi connectivity index (χ0) is 9.35. The van der Waals surface area contributed by atoms with Gasteiger partial charge in [-0.2, -0.15) is 0 Å². The van der Waals surface area contributed by atoms with Crippen LogP contribution in [0.2, 0.25) is 0 Å². The molecule has 1 heteroatoms. The normalized spacial score (nSPS) is 11.8. The number of benzene rings is 1. The molecule has 0 amide bonds. The third kappa shape index (κ3) is 1.89. The highest BCUT2D eigenvalue weighted by molar-refractivity contribution is 9.10. The highest BCUT2D eigenvalue weighted by Gasteiger charge is 2.16. The topological polar surface area (TPSA) is 0 Å². The minimum Gasteiger partial charge on any atom is -0.0616 e. The second-order valence-electron chi connectivity index (χ2n) is 4.03. The lowest BCUT2D eigenvalue weighted by Crippen LogP contribution is -2.12. The number of halogens is 1. The summed E-state index contributed by atoms with van der Waals surface area (Å²) in [5, 5.41) is 0. The molecule has 0 N–H and O–H groups in total. The van der Waals surface area contributed by atoms with Gasteiger partial charge in [0, 0.05) is 4.47 Å². The predicted octanol–water partition coefficient (Wildman–Crippen LogP) is 3.93. The predicted molar refractivity (Wildman–Crippen MR) is 57.3 cm³/mol. The van der Waals surface area contributed by atoms with E-state index in [0.717, 1.165) is 10.0 Å². The summed E-state index contributed by atoms with van der Waals surface area (Å²) in [5.74, 6) is 0. The Morgan fingerprint density at radius 1 is 1.25 bits per heavy atom. The van der Waals surface area contributed by atoms with Gasteiger partial charge in [-0.25, -0.2) is 0 Å². The molecule has 0 aliphatic heterocycles. The zero-order valence-electron chi connectivity index (χ0n) is 7.82. The maximum absolute atomic E-state index is 3.95. The molecule has 0 aromatic heterocycles. The van der Waals surface area contributed by atoms with Gasteiger partial charge in [0.05, 0.1) is 0 Å². The first-order valence-electron chi connectivity index (χ1n) is 4.04. The average Bonchev–Trinajstić information content (AvgIpc) is 1.92. The molecular weight excluding hydrogens is 212 g/mol. The second kappa shape index (κ2) is 3.21. The van der Waals surface area contributed by atoms with Crippen LogP contribution >= 0.6 is 15.9 Å². The molecule has 0 aliphatic rings. The lowest BCUT2D eigenvalue weighted by Gasteiger charge is -2.21. The maximum atomic E-state index is 3.95. The molecule has 0 saturated carbocycles. The van der Waals surface area contributed by atoms with Crippen LogP contribution in [0.3, 0.4) is 0 Å². The van der Waals surface area contributed by atoms with Crippen LogP contribution in [0.1, 0.15) is 31.9 Å². The van der Waals surface area contributed by atoms with Crippen molar-refractivity contribution in [1.82, 2.24) is 0 Å². The molecule has 12 heavy (non-hydrogen) atoms. The van der Waals surface area contributed by atoms with E-state index in [1.807, 2.05) is 12.1 Å². The Labute approximate surface area is 83.1 Å². The van der Waals surface area contributed by atoms with Crippen LogP contribution in [-0.2, 0) is 5.41 Å². The van der Waals surface area contributed by atoms with E-state index < -0.39 is 0 Å².